The molecule has 4 nitrogen and oxygen atoms in total. The second-order valence-corrected chi connectivity index (χ2v) is 6.24. The summed E-state index contributed by atoms with van der Waals surface area (Å²) in [5.41, 5.74) is 4.02. The molecule has 0 aliphatic carbocycles. The number of rotatable bonds is 5. The quantitative estimate of drug-likeness (QED) is 0.763. The number of amides is 1. The number of carbonyl (C=O) groups excluding carboxylic acids is 1. The third-order valence-electron chi connectivity index (χ3n) is 3.82. The predicted octanol–water partition coefficient (Wildman–Crippen LogP) is 5.02. The maximum absolute atomic E-state index is 12.5. The molecule has 0 saturated carbocycles. The Labute approximate surface area is 153 Å². The first kappa shape index (κ1) is 18.9. The second kappa shape index (κ2) is 8.08. The summed E-state index contributed by atoms with van der Waals surface area (Å²) in [6.45, 7) is 5.64. The lowest BCUT2D eigenvalue weighted by molar-refractivity contribution is -0.112. The summed E-state index contributed by atoms with van der Waals surface area (Å²) < 4.78 is 10.5. The minimum atomic E-state index is -0.205. The van der Waals surface area contributed by atoms with Crippen molar-refractivity contribution in [1.82, 2.24) is 0 Å². The minimum absolute atomic E-state index is 0.205. The van der Waals surface area contributed by atoms with Crippen molar-refractivity contribution in [3.63, 3.8) is 0 Å². The van der Waals surface area contributed by atoms with Crippen LogP contribution in [0.3, 0.4) is 0 Å². The second-order valence-electron chi connectivity index (χ2n) is 5.83. The van der Waals surface area contributed by atoms with Gasteiger partial charge in [-0.3, -0.25) is 4.79 Å². The largest absolute Gasteiger partial charge is 0.493 e. The first-order valence-electron chi connectivity index (χ1n) is 7.84. The van der Waals surface area contributed by atoms with Crippen molar-refractivity contribution < 1.29 is 14.3 Å². The van der Waals surface area contributed by atoms with E-state index >= 15 is 0 Å². The molecule has 0 spiro atoms. The lowest BCUT2D eigenvalue weighted by Gasteiger charge is -2.12. The van der Waals surface area contributed by atoms with Gasteiger partial charge in [0, 0.05) is 5.57 Å². The first-order chi connectivity index (χ1) is 11.8. The fraction of sp³-hybridized carbons (Fsp3) is 0.250. The van der Waals surface area contributed by atoms with E-state index < -0.39 is 0 Å². The molecule has 5 heteroatoms. The van der Waals surface area contributed by atoms with Gasteiger partial charge in [-0.15, -0.1) is 0 Å². The fourth-order valence-electron chi connectivity index (χ4n) is 2.54. The molecule has 0 aliphatic heterocycles. The van der Waals surface area contributed by atoms with Crippen LogP contribution in [0.15, 0.2) is 35.9 Å². The highest BCUT2D eigenvalue weighted by molar-refractivity contribution is 6.34. The number of carbonyl (C=O) groups is 1. The highest BCUT2D eigenvalue weighted by Gasteiger charge is 2.11. The summed E-state index contributed by atoms with van der Waals surface area (Å²) in [5.74, 6) is 1.05. The topological polar surface area (TPSA) is 47.6 Å². The van der Waals surface area contributed by atoms with Gasteiger partial charge in [0.25, 0.3) is 5.91 Å². The van der Waals surface area contributed by atoms with Crippen LogP contribution in [0.25, 0.3) is 6.08 Å². The lowest BCUT2D eigenvalue weighted by atomic mass is 10.1. The van der Waals surface area contributed by atoms with Gasteiger partial charge in [-0.2, -0.15) is 0 Å². The number of halogens is 1. The van der Waals surface area contributed by atoms with Crippen molar-refractivity contribution in [1.29, 1.82) is 0 Å². The third kappa shape index (κ3) is 4.54. The molecule has 0 radical (unpaired) electrons. The van der Waals surface area contributed by atoms with E-state index in [4.69, 9.17) is 21.1 Å². The minimum Gasteiger partial charge on any atom is -0.493 e. The number of nitrogens with one attached hydrogen (secondary N) is 1. The summed E-state index contributed by atoms with van der Waals surface area (Å²) in [5, 5.41) is 3.41. The van der Waals surface area contributed by atoms with Crippen molar-refractivity contribution in [2.75, 3.05) is 19.5 Å². The van der Waals surface area contributed by atoms with E-state index in [9.17, 15) is 4.79 Å². The molecule has 1 N–H and O–H groups in total. The van der Waals surface area contributed by atoms with Gasteiger partial charge in [0.05, 0.1) is 24.9 Å². The lowest BCUT2D eigenvalue weighted by Crippen LogP contribution is -2.14. The predicted molar refractivity (Wildman–Crippen MR) is 103 cm³/mol. The number of hydrogen-bond acceptors (Lipinski definition) is 3. The van der Waals surface area contributed by atoms with Crippen molar-refractivity contribution in [2.24, 2.45) is 0 Å². The summed E-state index contributed by atoms with van der Waals surface area (Å²) in [6.07, 6.45) is 1.79. The van der Waals surface area contributed by atoms with Crippen LogP contribution in [0.1, 0.15) is 23.6 Å². The summed E-state index contributed by atoms with van der Waals surface area (Å²) >= 11 is 6.25. The van der Waals surface area contributed by atoms with Crippen molar-refractivity contribution in [3.05, 3.63) is 57.6 Å². The van der Waals surface area contributed by atoms with Gasteiger partial charge in [-0.1, -0.05) is 23.7 Å². The van der Waals surface area contributed by atoms with Crippen LogP contribution < -0.4 is 14.8 Å². The Bertz CT molecular complexity index is 805. The van der Waals surface area contributed by atoms with E-state index in [1.165, 1.54) is 0 Å². The SMILES string of the molecule is COc1ccc(/C=C(\C)C(=O)Nc2c(C)cc(C)cc2Cl)cc1OC. The number of aryl methyl sites for hydroxylation is 2. The van der Waals surface area contributed by atoms with Crippen LogP contribution in [-0.4, -0.2) is 20.1 Å². The molecule has 2 aromatic carbocycles. The van der Waals surface area contributed by atoms with E-state index in [-0.39, 0.29) is 5.91 Å². The molecule has 132 valence electrons. The molecule has 0 atom stereocenters. The average Bonchev–Trinajstić information content (AvgIpc) is 2.57. The van der Waals surface area contributed by atoms with E-state index in [0.717, 1.165) is 16.7 Å². The fourth-order valence-corrected chi connectivity index (χ4v) is 2.91. The van der Waals surface area contributed by atoms with Gasteiger partial charge in [0.2, 0.25) is 0 Å². The number of methoxy groups -OCH3 is 2. The Morgan fingerprint density at radius 2 is 1.76 bits per heavy atom. The monoisotopic (exact) mass is 359 g/mol. The Morgan fingerprint density at radius 3 is 2.36 bits per heavy atom. The molecule has 2 rings (SSSR count). The summed E-state index contributed by atoms with van der Waals surface area (Å²) in [4.78, 5) is 12.5. The van der Waals surface area contributed by atoms with Crippen LogP contribution in [-0.2, 0) is 4.79 Å². The van der Waals surface area contributed by atoms with Gasteiger partial charge in [0.1, 0.15) is 0 Å². The van der Waals surface area contributed by atoms with Gasteiger partial charge in [-0.05, 0) is 61.7 Å². The van der Waals surface area contributed by atoms with Crippen LogP contribution >= 0.6 is 11.6 Å². The molecular formula is C20H22ClNO3. The highest BCUT2D eigenvalue weighted by atomic mass is 35.5. The molecular weight excluding hydrogens is 338 g/mol. The third-order valence-corrected chi connectivity index (χ3v) is 4.12. The first-order valence-corrected chi connectivity index (χ1v) is 8.22. The zero-order chi connectivity index (χ0) is 18.6. The normalized spacial score (nSPS) is 11.2. The molecule has 0 saturated heterocycles. The molecule has 0 unspecified atom stereocenters. The van der Waals surface area contributed by atoms with Gasteiger partial charge in [-0.25, -0.2) is 0 Å². The van der Waals surface area contributed by atoms with Crippen molar-refractivity contribution in [2.45, 2.75) is 20.8 Å². The molecule has 2 aromatic rings. The van der Waals surface area contributed by atoms with Crippen LogP contribution in [0.2, 0.25) is 5.02 Å². The Kier molecular flexibility index (Phi) is 6.10. The smallest absolute Gasteiger partial charge is 0.251 e. The Hall–Kier alpha value is -2.46. The highest BCUT2D eigenvalue weighted by Crippen LogP contribution is 2.29. The number of ether oxygens (including phenoxy) is 2. The zero-order valence-electron chi connectivity index (χ0n) is 15.1. The summed E-state index contributed by atoms with van der Waals surface area (Å²) in [7, 11) is 3.16. The molecule has 0 heterocycles. The van der Waals surface area contributed by atoms with E-state index in [0.29, 0.717) is 27.8 Å². The number of anilines is 1. The Balaban J connectivity index is 2.24. The van der Waals surface area contributed by atoms with Crippen LogP contribution in [0.4, 0.5) is 5.69 Å². The number of hydrogen-bond donors (Lipinski definition) is 1. The van der Waals surface area contributed by atoms with Crippen LogP contribution in [0.5, 0.6) is 11.5 Å². The molecule has 0 bridgehead atoms. The van der Waals surface area contributed by atoms with Gasteiger partial charge in [0.15, 0.2) is 11.5 Å². The van der Waals surface area contributed by atoms with Gasteiger partial charge < -0.3 is 14.8 Å². The zero-order valence-corrected chi connectivity index (χ0v) is 15.8. The molecule has 0 aliphatic rings. The van der Waals surface area contributed by atoms with E-state index in [1.54, 1.807) is 33.3 Å². The van der Waals surface area contributed by atoms with Crippen molar-refractivity contribution in [3.8, 4) is 11.5 Å². The van der Waals surface area contributed by atoms with E-state index in [2.05, 4.69) is 5.32 Å². The molecule has 1 amide bonds. The molecule has 0 fully saturated rings. The van der Waals surface area contributed by atoms with Crippen LogP contribution in [0, 0.1) is 13.8 Å². The van der Waals surface area contributed by atoms with Gasteiger partial charge >= 0.3 is 0 Å². The Morgan fingerprint density at radius 1 is 1.08 bits per heavy atom. The average molecular weight is 360 g/mol. The van der Waals surface area contributed by atoms with Crippen molar-refractivity contribution >= 4 is 29.3 Å². The molecule has 0 aromatic heterocycles. The summed E-state index contributed by atoms with van der Waals surface area (Å²) in [6, 6.07) is 9.30. The van der Waals surface area contributed by atoms with E-state index in [1.807, 2.05) is 38.1 Å². The standard InChI is InChI=1S/C20H22ClNO3/c1-12-8-13(2)19(16(21)9-12)22-20(23)14(3)10-15-6-7-17(24-4)18(11-15)25-5/h6-11H,1-5H3,(H,22,23)/b14-10+. The maximum Gasteiger partial charge on any atom is 0.251 e. The molecule has 25 heavy (non-hydrogen) atoms. The maximum atomic E-state index is 12.5. The number of benzene rings is 2.